The molecule has 1 amide bonds. The van der Waals surface area contributed by atoms with E-state index in [2.05, 4.69) is 0 Å². The molecule has 0 spiro atoms. The fourth-order valence-electron chi connectivity index (χ4n) is 2.09. The summed E-state index contributed by atoms with van der Waals surface area (Å²) >= 11 is 0. The first-order valence-corrected chi connectivity index (χ1v) is 5.34. The minimum Gasteiger partial charge on any atom is -0.393 e. The van der Waals surface area contributed by atoms with Gasteiger partial charge in [0.1, 0.15) is 0 Å². The molecule has 1 heterocycles. The molecule has 0 aromatic rings. The standard InChI is InChI=1S/C11H21NO2/c1-8(2)10(14)12-6-5-9(13)7-11(12,3)4/h8-9,13H,5-7H2,1-4H3. The van der Waals surface area contributed by atoms with E-state index in [1.165, 1.54) is 0 Å². The molecule has 1 aliphatic heterocycles. The number of likely N-dealkylation sites (tertiary alicyclic amines) is 1. The van der Waals surface area contributed by atoms with Crippen LogP contribution in [-0.4, -0.2) is 34.1 Å². The molecule has 1 unspecified atom stereocenters. The van der Waals surface area contributed by atoms with E-state index in [9.17, 15) is 9.90 Å². The van der Waals surface area contributed by atoms with Crippen LogP contribution in [0.3, 0.4) is 0 Å². The third-order valence-electron chi connectivity index (χ3n) is 2.91. The second kappa shape index (κ2) is 3.89. The average molecular weight is 199 g/mol. The average Bonchev–Trinajstić information content (AvgIpc) is 2.01. The first kappa shape index (κ1) is 11.5. The highest BCUT2D eigenvalue weighted by Gasteiger charge is 2.37. The molecule has 0 aromatic carbocycles. The summed E-state index contributed by atoms with van der Waals surface area (Å²) in [6.45, 7) is 8.57. The fraction of sp³-hybridized carbons (Fsp3) is 0.909. The van der Waals surface area contributed by atoms with Gasteiger partial charge in [-0.1, -0.05) is 13.8 Å². The van der Waals surface area contributed by atoms with Crippen molar-refractivity contribution in [3.8, 4) is 0 Å². The maximum atomic E-state index is 11.9. The van der Waals surface area contributed by atoms with E-state index in [4.69, 9.17) is 0 Å². The number of hydrogen-bond donors (Lipinski definition) is 1. The Balaban J connectivity index is 2.74. The van der Waals surface area contributed by atoms with Crippen molar-refractivity contribution in [2.45, 2.75) is 52.2 Å². The topological polar surface area (TPSA) is 40.5 Å². The third-order valence-corrected chi connectivity index (χ3v) is 2.91. The molecular weight excluding hydrogens is 178 g/mol. The highest BCUT2D eigenvalue weighted by atomic mass is 16.3. The summed E-state index contributed by atoms with van der Waals surface area (Å²) < 4.78 is 0. The lowest BCUT2D eigenvalue weighted by Gasteiger charge is -2.45. The molecule has 0 bridgehead atoms. The van der Waals surface area contributed by atoms with Gasteiger partial charge in [0.15, 0.2) is 0 Å². The highest BCUT2D eigenvalue weighted by molar-refractivity contribution is 5.79. The van der Waals surface area contributed by atoms with Crippen LogP contribution in [0.25, 0.3) is 0 Å². The number of hydrogen-bond acceptors (Lipinski definition) is 2. The second-order valence-electron chi connectivity index (χ2n) is 5.10. The third kappa shape index (κ3) is 2.27. The number of piperidine rings is 1. The zero-order valence-corrected chi connectivity index (χ0v) is 9.58. The Hall–Kier alpha value is -0.570. The molecule has 14 heavy (non-hydrogen) atoms. The molecule has 1 atom stereocenters. The lowest BCUT2D eigenvalue weighted by Crippen LogP contribution is -2.55. The fourth-order valence-corrected chi connectivity index (χ4v) is 2.09. The maximum absolute atomic E-state index is 11.9. The van der Waals surface area contributed by atoms with Gasteiger partial charge in [0.2, 0.25) is 5.91 Å². The minimum absolute atomic E-state index is 0.0458. The maximum Gasteiger partial charge on any atom is 0.225 e. The van der Waals surface area contributed by atoms with Gasteiger partial charge in [-0.3, -0.25) is 4.79 Å². The van der Waals surface area contributed by atoms with E-state index in [1.54, 1.807) is 0 Å². The summed E-state index contributed by atoms with van der Waals surface area (Å²) in [7, 11) is 0. The van der Waals surface area contributed by atoms with Gasteiger partial charge in [-0.2, -0.15) is 0 Å². The quantitative estimate of drug-likeness (QED) is 0.693. The molecule has 3 heteroatoms. The van der Waals surface area contributed by atoms with Crippen molar-refractivity contribution in [2.75, 3.05) is 6.54 Å². The van der Waals surface area contributed by atoms with E-state index in [0.717, 1.165) is 0 Å². The highest BCUT2D eigenvalue weighted by Crippen LogP contribution is 2.28. The lowest BCUT2D eigenvalue weighted by molar-refractivity contribution is -0.144. The predicted octanol–water partition coefficient (Wildman–Crippen LogP) is 1.40. The molecule has 0 aromatic heterocycles. The van der Waals surface area contributed by atoms with Gasteiger partial charge in [-0.15, -0.1) is 0 Å². The molecule has 0 aliphatic carbocycles. The Kier molecular flexibility index (Phi) is 3.20. The SMILES string of the molecule is CC(C)C(=O)N1CCC(O)CC1(C)C. The number of nitrogens with zero attached hydrogens (tertiary/aromatic N) is 1. The van der Waals surface area contributed by atoms with Crippen molar-refractivity contribution in [1.29, 1.82) is 0 Å². The van der Waals surface area contributed by atoms with Crippen molar-refractivity contribution >= 4 is 5.91 Å². The van der Waals surface area contributed by atoms with Crippen LogP contribution in [0.4, 0.5) is 0 Å². The molecule has 0 saturated carbocycles. The van der Waals surface area contributed by atoms with E-state index in [-0.39, 0.29) is 23.5 Å². The van der Waals surface area contributed by atoms with Crippen LogP contribution in [0.1, 0.15) is 40.5 Å². The number of aliphatic hydroxyl groups is 1. The van der Waals surface area contributed by atoms with Crippen LogP contribution in [0.5, 0.6) is 0 Å². The van der Waals surface area contributed by atoms with E-state index in [0.29, 0.717) is 19.4 Å². The number of rotatable bonds is 1. The summed E-state index contributed by atoms with van der Waals surface area (Å²) in [5.74, 6) is 0.242. The van der Waals surface area contributed by atoms with Gasteiger partial charge < -0.3 is 10.0 Å². The van der Waals surface area contributed by atoms with Crippen molar-refractivity contribution in [2.24, 2.45) is 5.92 Å². The monoisotopic (exact) mass is 199 g/mol. The van der Waals surface area contributed by atoms with Crippen LogP contribution in [0.2, 0.25) is 0 Å². The smallest absolute Gasteiger partial charge is 0.225 e. The van der Waals surface area contributed by atoms with Crippen LogP contribution in [-0.2, 0) is 4.79 Å². The molecule has 1 fully saturated rings. The molecule has 1 rings (SSSR count). The lowest BCUT2D eigenvalue weighted by atomic mass is 9.87. The molecule has 82 valence electrons. The van der Waals surface area contributed by atoms with Crippen LogP contribution >= 0.6 is 0 Å². The number of aliphatic hydroxyl groups excluding tert-OH is 1. The zero-order chi connectivity index (χ0) is 10.9. The number of amides is 1. The predicted molar refractivity (Wildman–Crippen MR) is 55.9 cm³/mol. The summed E-state index contributed by atoms with van der Waals surface area (Å²) in [6, 6.07) is 0. The minimum atomic E-state index is -0.249. The van der Waals surface area contributed by atoms with Crippen LogP contribution < -0.4 is 0 Å². The van der Waals surface area contributed by atoms with Gasteiger partial charge in [-0.05, 0) is 26.7 Å². The van der Waals surface area contributed by atoms with Gasteiger partial charge in [-0.25, -0.2) is 0 Å². The van der Waals surface area contributed by atoms with Crippen LogP contribution in [0, 0.1) is 5.92 Å². The molecule has 1 saturated heterocycles. The largest absolute Gasteiger partial charge is 0.393 e. The Labute approximate surface area is 86.1 Å². The zero-order valence-electron chi connectivity index (χ0n) is 9.58. The Bertz CT molecular complexity index is 223. The molecular formula is C11H21NO2. The van der Waals surface area contributed by atoms with Crippen molar-refractivity contribution in [1.82, 2.24) is 4.90 Å². The van der Waals surface area contributed by atoms with Crippen molar-refractivity contribution in [3.05, 3.63) is 0 Å². The molecule has 1 aliphatic rings. The van der Waals surface area contributed by atoms with Gasteiger partial charge >= 0.3 is 0 Å². The summed E-state index contributed by atoms with van der Waals surface area (Å²) in [6.07, 6.45) is 1.15. The molecule has 1 N–H and O–H groups in total. The van der Waals surface area contributed by atoms with Crippen molar-refractivity contribution in [3.63, 3.8) is 0 Å². The van der Waals surface area contributed by atoms with E-state index in [1.807, 2.05) is 32.6 Å². The van der Waals surface area contributed by atoms with E-state index >= 15 is 0 Å². The Morgan fingerprint density at radius 3 is 2.50 bits per heavy atom. The first-order chi connectivity index (χ1) is 6.34. The molecule has 0 radical (unpaired) electrons. The summed E-state index contributed by atoms with van der Waals surface area (Å²) in [5, 5.41) is 9.54. The Morgan fingerprint density at radius 1 is 1.50 bits per heavy atom. The van der Waals surface area contributed by atoms with Crippen LogP contribution in [0.15, 0.2) is 0 Å². The normalized spacial score (nSPS) is 26.7. The van der Waals surface area contributed by atoms with Gasteiger partial charge in [0.25, 0.3) is 0 Å². The summed E-state index contributed by atoms with van der Waals surface area (Å²) in [5.41, 5.74) is -0.195. The van der Waals surface area contributed by atoms with Gasteiger partial charge in [0.05, 0.1) is 6.10 Å². The second-order valence-corrected chi connectivity index (χ2v) is 5.10. The van der Waals surface area contributed by atoms with Crippen molar-refractivity contribution < 1.29 is 9.90 Å². The first-order valence-electron chi connectivity index (χ1n) is 5.34. The number of carbonyl (C=O) groups excluding carboxylic acids is 1. The van der Waals surface area contributed by atoms with E-state index < -0.39 is 0 Å². The molecule has 3 nitrogen and oxygen atoms in total. The Morgan fingerprint density at radius 2 is 2.07 bits per heavy atom. The number of carbonyl (C=O) groups is 1. The van der Waals surface area contributed by atoms with Gasteiger partial charge in [0, 0.05) is 18.0 Å². The summed E-state index contributed by atoms with van der Waals surface area (Å²) in [4.78, 5) is 13.8.